The molecule has 0 saturated carbocycles. The summed E-state index contributed by atoms with van der Waals surface area (Å²) in [6.07, 6.45) is 1.48. The second-order valence-electron chi connectivity index (χ2n) is 7.71. The number of aliphatic hydroxyl groups is 1. The van der Waals surface area contributed by atoms with Gasteiger partial charge < -0.3 is 20.1 Å². The van der Waals surface area contributed by atoms with Crippen molar-refractivity contribution in [2.24, 2.45) is 0 Å². The molecule has 5 rings (SSSR count). The van der Waals surface area contributed by atoms with Crippen LogP contribution in [0.4, 0.5) is 15.9 Å². The third-order valence-corrected chi connectivity index (χ3v) is 5.65. The van der Waals surface area contributed by atoms with E-state index in [2.05, 4.69) is 20.3 Å². The third-order valence-electron chi connectivity index (χ3n) is 5.35. The van der Waals surface area contributed by atoms with Gasteiger partial charge >= 0.3 is 0 Å². The van der Waals surface area contributed by atoms with Gasteiger partial charge in [0.1, 0.15) is 36.0 Å². The molecule has 6 nitrogen and oxygen atoms in total. The fourth-order valence-electron chi connectivity index (χ4n) is 3.60. The first kappa shape index (κ1) is 21.9. The molecule has 0 aliphatic heterocycles. The SMILES string of the molecule is OCc1ccc(-c2cc3c(Nc4ccc(OCc5cccc(F)c5)c(Cl)c4)ncnc3[nH]2)cc1. The summed E-state index contributed by atoms with van der Waals surface area (Å²) in [4.78, 5) is 12.0. The number of H-pyrrole nitrogens is 1. The minimum Gasteiger partial charge on any atom is -0.487 e. The first-order chi connectivity index (χ1) is 16.6. The normalized spacial score (nSPS) is 11.0. The highest BCUT2D eigenvalue weighted by Crippen LogP contribution is 2.32. The van der Waals surface area contributed by atoms with Gasteiger partial charge in [-0.3, -0.25) is 0 Å². The largest absolute Gasteiger partial charge is 0.487 e. The van der Waals surface area contributed by atoms with Crippen molar-refractivity contribution in [1.29, 1.82) is 0 Å². The van der Waals surface area contributed by atoms with Gasteiger partial charge in [0.05, 0.1) is 17.0 Å². The summed E-state index contributed by atoms with van der Waals surface area (Å²) in [5.74, 6) is 0.821. The van der Waals surface area contributed by atoms with Crippen molar-refractivity contribution in [3.63, 3.8) is 0 Å². The molecule has 0 unspecified atom stereocenters. The van der Waals surface area contributed by atoms with E-state index < -0.39 is 0 Å². The van der Waals surface area contributed by atoms with Crippen LogP contribution in [-0.4, -0.2) is 20.1 Å². The molecule has 0 aliphatic rings. The maximum atomic E-state index is 13.4. The number of hydrogen-bond donors (Lipinski definition) is 3. The summed E-state index contributed by atoms with van der Waals surface area (Å²) in [5.41, 5.74) is 4.86. The number of benzene rings is 3. The van der Waals surface area contributed by atoms with Crippen molar-refractivity contribution < 1.29 is 14.2 Å². The van der Waals surface area contributed by atoms with Gasteiger partial charge in [0.15, 0.2) is 0 Å². The highest BCUT2D eigenvalue weighted by Gasteiger charge is 2.11. The molecule has 0 bridgehead atoms. The van der Waals surface area contributed by atoms with Crippen LogP contribution < -0.4 is 10.1 Å². The summed E-state index contributed by atoms with van der Waals surface area (Å²) in [6.45, 7) is 0.214. The molecule has 2 heterocycles. The van der Waals surface area contributed by atoms with E-state index in [0.717, 1.165) is 33.5 Å². The first-order valence-electron chi connectivity index (χ1n) is 10.6. The van der Waals surface area contributed by atoms with E-state index in [4.69, 9.17) is 16.3 Å². The molecule has 0 radical (unpaired) electrons. The van der Waals surface area contributed by atoms with Gasteiger partial charge in [0.2, 0.25) is 0 Å². The highest BCUT2D eigenvalue weighted by molar-refractivity contribution is 6.32. The molecule has 3 N–H and O–H groups in total. The van der Waals surface area contributed by atoms with Gasteiger partial charge in [-0.2, -0.15) is 0 Å². The van der Waals surface area contributed by atoms with Crippen molar-refractivity contribution in [1.82, 2.24) is 15.0 Å². The van der Waals surface area contributed by atoms with Gasteiger partial charge in [0.25, 0.3) is 0 Å². The van der Waals surface area contributed by atoms with Gasteiger partial charge in [-0.05, 0) is 53.1 Å². The maximum Gasteiger partial charge on any atom is 0.143 e. The van der Waals surface area contributed by atoms with Crippen LogP contribution in [0.5, 0.6) is 5.75 Å². The Balaban J connectivity index is 1.35. The lowest BCUT2D eigenvalue weighted by atomic mass is 10.1. The van der Waals surface area contributed by atoms with Gasteiger partial charge in [-0.15, -0.1) is 0 Å². The summed E-state index contributed by atoms with van der Waals surface area (Å²) in [5, 5.41) is 13.8. The number of halogens is 2. The minimum atomic E-state index is -0.307. The Kier molecular flexibility index (Phi) is 6.12. The van der Waals surface area contributed by atoms with Crippen LogP contribution in [0.1, 0.15) is 11.1 Å². The molecule has 2 aromatic heterocycles. The predicted octanol–water partition coefficient (Wildman–Crippen LogP) is 6.23. The molecule has 170 valence electrons. The van der Waals surface area contributed by atoms with E-state index in [1.807, 2.05) is 36.4 Å². The molecular formula is C26H20ClFN4O2. The van der Waals surface area contributed by atoms with E-state index in [1.165, 1.54) is 18.5 Å². The average Bonchev–Trinajstić information content (AvgIpc) is 3.29. The number of anilines is 2. The number of fused-ring (bicyclic) bond motifs is 1. The summed E-state index contributed by atoms with van der Waals surface area (Å²) >= 11 is 6.42. The van der Waals surface area contributed by atoms with E-state index in [9.17, 15) is 9.50 Å². The van der Waals surface area contributed by atoms with Crippen molar-refractivity contribution >= 4 is 34.1 Å². The van der Waals surface area contributed by atoms with Gasteiger partial charge in [0, 0.05) is 11.4 Å². The lowest BCUT2D eigenvalue weighted by molar-refractivity contribution is 0.282. The lowest BCUT2D eigenvalue weighted by Crippen LogP contribution is -1.98. The van der Waals surface area contributed by atoms with Gasteiger partial charge in [-0.25, -0.2) is 14.4 Å². The summed E-state index contributed by atoms with van der Waals surface area (Å²) in [6, 6.07) is 21.2. The molecule has 0 spiro atoms. The fraction of sp³-hybridized carbons (Fsp3) is 0.0769. The van der Waals surface area contributed by atoms with Crippen LogP contribution in [0.3, 0.4) is 0 Å². The minimum absolute atomic E-state index is 0.00369. The van der Waals surface area contributed by atoms with E-state index in [-0.39, 0.29) is 19.0 Å². The van der Waals surface area contributed by atoms with Crippen LogP contribution in [0, 0.1) is 5.82 Å². The molecule has 0 aliphatic carbocycles. The number of aromatic nitrogens is 3. The Morgan fingerprint density at radius 3 is 2.59 bits per heavy atom. The second kappa shape index (κ2) is 9.51. The number of aromatic amines is 1. The molecule has 3 aromatic carbocycles. The van der Waals surface area contributed by atoms with Crippen molar-refractivity contribution in [3.05, 3.63) is 101 Å². The van der Waals surface area contributed by atoms with E-state index in [1.54, 1.807) is 24.3 Å². The Labute approximate surface area is 200 Å². The van der Waals surface area contributed by atoms with Crippen molar-refractivity contribution in [3.8, 4) is 17.0 Å². The van der Waals surface area contributed by atoms with E-state index >= 15 is 0 Å². The topological polar surface area (TPSA) is 83.1 Å². The van der Waals surface area contributed by atoms with Crippen LogP contribution in [0.15, 0.2) is 79.1 Å². The molecule has 0 saturated heterocycles. The Morgan fingerprint density at radius 1 is 0.971 bits per heavy atom. The van der Waals surface area contributed by atoms with Crippen LogP contribution in [0.25, 0.3) is 22.3 Å². The van der Waals surface area contributed by atoms with Crippen LogP contribution in [0.2, 0.25) is 5.02 Å². The van der Waals surface area contributed by atoms with Crippen LogP contribution in [-0.2, 0) is 13.2 Å². The predicted molar refractivity (Wildman–Crippen MR) is 131 cm³/mol. The quantitative estimate of drug-likeness (QED) is 0.260. The number of hydrogen-bond acceptors (Lipinski definition) is 5. The number of ether oxygens (including phenoxy) is 1. The first-order valence-corrected chi connectivity index (χ1v) is 10.9. The molecule has 8 heteroatoms. The number of rotatable bonds is 7. The number of nitrogens with zero attached hydrogens (tertiary/aromatic N) is 2. The van der Waals surface area contributed by atoms with Crippen molar-refractivity contribution in [2.45, 2.75) is 13.2 Å². The van der Waals surface area contributed by atoms with Crippen LogP contribution >= 0.6 is 11.6 Å². The Morgan fingerprint density at radius 2 is 1.82 bits per heavy atom. The zero-order chi connectivity index (χ0) is 23.5. The second-order valence-corrected chi connectivity index (χ2v) is 8.12. The summed E-state index contributed by atoms with van der Waals surface area (Å²) < 4.78 is 19.1. The molecule has 0 amide bonds. The van der Waals surface area contributed by atoms with Gasteiger partial charge in [-0.1, -0.05) is 48.0 Å². The smallest absolute Gasteiger partial charge is 0.143 e. The number of aliphatic hydroxyl groups excluding tert-OH is 1. The average molecular weight is 475 g/mol. The molecule has 0 fully saturated rings. The molecule has 34 heavy (non-hydrogen) atoms. The summed E-state index contributed by atoms with van der Waals surface area (Å²) in [7, 11) is 0. The molecule has 5 aromatic rings. The third kappa shape index (κ3) is 4.71. The standard InChI is InChI=1S/C26H20ClFN4O2/c27-22-11-20(8-9-24(22)34-14-17-2-1-3-19(28)10-17)31-25-21-12-23(32-26(21)30-15-29-25)18-6-4-16(13-33)5-7-18/h1-12,15,33H,13-14H2,(H2,29,30,31,32). The highest BCUT2D eigenvalue weighted by atomic mass is 35.5. The fourth-order valence-corrected chi connectivity index (χ4v) is 3.84. The molecular weight excluding hydrogens is 455 g/mol. The van der Waals surface area contributed by atoms with E-state index in [0.29, 0.717) is 22.2 Å². The zero-order valence-corrected chi connectivity index (χ0v) is 18.7. The van der Waals surface area contributed by atoms with Crippen molar-refractivity contribution in [2.75, 3.05) is 5.32 Å². The Hall–Kier alpha value is -3.94. The maximum absolute atomic E-state index is 13.4. The monoisotopic (exact) mass is 474 g/mol. The Bertz CT molecular complexity index is 1450. The number of nitrogens with one attached hydrogen (secondary N) is 2. The zero-order valence-electron chi connectivity index (χ0n) is 17.9. The molecule has 0 atom stereocenters. The lowest BCUT2D eigenvalue weighted by Gasteiger charge is -2.11.